The van der Waals surface area contributed by atoms with E-state index < -0.39 is 5.92 Å². The van der Waals surface area contributed by atoms with Gasteiger partial charge in [-0.15, -0.1) is 0 Å². The van der Waals surface area contributed by atoms with Crippen molar-refractivity contribution in [3.63, 3.8) is 0 Å². The van der Waals surface area contributed by atoms with Crippen LogP contribution in [0.25, 0.3) is 10.9 Å². The predicted molar refractivity (Wildman–Crippen MR) is 108 cm³/mol. The maximum absolute atomic E-state index is 12.3. The molecule has 4 N–H and O–H groups in total. The first-order valence-electron chi connectivity index (χ1n) is 10.0. The number of aromatic nitrogens is 2. The minimum absolute atomic E-state index is 0.000679. The van der Waals surface area contributed by atoms with Crippen LogP contribution >= 0.6 is 0 Å². The molecule has 2 aliphatic heterocycles. The molecule has 2 fully saturated rings. The Hall–Kier alpha value is -2.94. The highest BCUT2D eigenvalue weighted by molar-refractivity contribution is 6.02. The molecule has 29 heavy (non-hydrogen) atoms. The van der Waals surface area contributed by atoms with Crippen molar-refractivity contribution < 1.29 is 14.4 Å². The Morgan fingerprint density at radius 2 is 2.03 bits per heavy atom. The largest absolute Gasteiger partial charge is 0.382 e. The Bertz CT molecular complexity index is 961. The lowest BCUT2D eigenvalue weighted by Crippen LogP contribution is -2.44. The molecule has 0 bridgehead atoms. The number of piperidine rings is 2. The zero-order valence-corrected chi connectivity index (χ0v) is 16.5. The van der Waals surface area contributed by atoms with Gasteiger partial charge in [0.1, 0.15) is 0 Å². The highest BCUT2D eigenvalue weighted by atomic mass is 16.2. The van der Waals surface area contributed by atoms with Gasteiger partial charge in [0.25, 0.3) is 0 Å². The summed E-state index contributed by atoms with van der Waals surface area (Å²) in [5.74, 6) is -0.903. The van der Waals surface area contributed by atoms with Crippen molar-refractivity contribution in [3.8, 4) is 0 Å². The lowest BCUT2D eigenvalue weighted by atomic mass is 9.93. The van der Waals surface area contributed by atoms with Crippen molar-refractivity contribution >= 4 is 34.3 Å². The molecule has 3 amide bonds. The summed E-state index contributed by atoms with van der Waals surface area (Å²) < 4.78 is 1.78. The van der Waals surface area contributed by atoms with Crippen molar-refractivity contribution in [2.45, 2.75) is 37.6 Å². The second-order valence-corrected chi connectivity index (χ2v) is 7.75. The average molecular weight is 398 g/mol. The summed E-state index contributed by atoms with van der Waals surface area (Å²) in [7, 11) is 1.86. The summed E-state index contributed by atoms with van der Waals surface area (Å²) in [4.78, 5) is 37.2. The Kier molecular flexibility index (Phi) is 5.23. The smallest absolute Gasteiger partial charge is 0.236 e. The molecule has 2 saturated heterocycles. The molecule has 3 heterocycles. The van der Waals surface area contributed by atoms with E-state index >= 15 is 0 Å². The van der Waals surface area contributed by atoms with Crippen LogP contribution in [-0.2, 0) is 21.4 Å². The third kappa shape index (κ3) is 3.82. The monoisotopic (exact) mass is 398 g/mol. The van der Waals surface area contributed by atoms with Crippen molar-refractivity contribution in [2.24, 2.45) is 12.8 Å². The van der Waals surface area contributed by atoms with E-state index in [2.05, 4.69) is 15.7 Å². The number of fused-ring (bicyclic) bond motifs is 1. The number of amides is 3. The molecule has 1 unspecified atom stereocenters. The molecular weight excluding hydrogens is 372 g/mol. The maximum atomic E-state index is 12.3. The number of nitrogens with zero attached hydrogens (tertiary/aromatic N) is 3. The molecule has 4 rings (SSSR count). The molecule has 0 saturated carbocycles. The highest BCUT2D eigenvalue weighted by Gasteiger charge is 2.31. The summed E-state index contributed by atoms with van der Waals surface area (Å²) in [6.07, 6.45) is 2.56. The van der Waals surface area contributed by atoms with E-state index in [0.29, 0.717) is 31.6 Å². The van der Waals surface area contributed by atoms with Crippen molar-refractivity contribution in [3.05, 3.63) is 23.9 Å². The maximum Gasteiger partial charge on any atom is 0.236 e. The second-order valence-electron chi connectivity index (χ2n) is 7.75. The van der Waals surface area contributed by atoms with Crippen LogP contribution in [0.5, 0.6) is 0 Å². The topological polar surface area (TPSA) is 122 Å². The second kappa shape index (κ2) is 7.82. The van der Waals surface area contributed by atoms with Gasteiger partial charge in [-0.2, -0.15) is 5.10 Å². The van der Waals surface area contributed by atoms with E-state index in [1.807, 2.05) is 30.1 Å². The van der Waals surface area contributed by atoms with Gasteiger partial charge in [-0.3, -0.25) is 24.4 Å². The number of rotatable bonds is 4. The van der Waals surface area contributed by atoms with Crippen LogP contribution in [0.1, 0.15) is 37.3 Å². The van der Waals surface area contributed by atoms with Gasteiger partial charge >= 0.3 is 0 Å². The zero-order chi connectivity index (χ0) is 20.5. The first-order chi connectivity index (χ1) is 14.0. The Morgan fingerprint density at radius 1 is 1.28 bits per heavy atom. The number of hydrogen-bond donors (Lipinski definition) is 3. The van der Waals surface area contributed by atoms with Gasteiger partial charge in [0.2, 0.25) is 17.7 Å². The third-order valence-corrected chi connectivity index (χ3v) is 5.84. The molecule has 1 aromatic carbocycles. The zero-order valence-electron chi connectivity index (χ0n) is 16.5. The van der Waals surface area contributed by atoms with E-state index in [4.69, 9.17) is 5.73 Å². The summed E-state index contributed by atoms with van der Waals surface area (Å²) in [6.45, 7) is 1.48. The Balaban J connectivity index is 1.49. The van der Waals surface area contributed by atoms with Crippen LogP contribution in [0.4, 0.5) is 5.69 Å². The van der Waals surface area contributed by atoms with E-state index in [9.17, 15) is 14.4 Å². The normalized spacial score (nSPS) is 20.8. The van der Waals surface area contributed by atoms with Crippen LogP contribution in [0.2, 0.25) is 0 Å². The molecule has 154 valence electrons. The summed E-state index contributed by atoms with van der Waals surface area (Å²) in [6, 6.07) is 6.31. The van der Waals surface area contributed by atoms with Crippen LogP contribution in [0.3, 0.4) is 0 Å². The number of anilines is 1. The lowest BCUT2D eigenvalue weighted by Gasteiger charge is -2.32. The minimum Gasteiger partial charge on any atom is -0.382 e. The molecule has 1 aromatic heterocycles. The number of carbonyl (C=O) groups excluding carboxylic acids is 3. The molecular formula is C20H26N6O3. The molecule has 9 nitrogen and oxygen atoms in total. The summed E-state index contributed by atoms with van der Waals surface area (Å²) in [5, 5.41) is 11.5. The number of carbonyl (C=O) groups is 3. The fourth-order valence-corrected chi connectivity index (χ4v) is 4.22. The Labute approximate surface area is 168 Å². The number of nitrogens with two attached hydrogens (primary N) is 1. The number of aryl methyl sites for hydroxylation is 1. The van der Waals surface area contributed by atoms with Gasteiger partial charge in [-0.25, -0.2) is 0 Å². The predicted octanol–water partition coefficient (Wildman–Crippen LogP) is 0.455. The molecule has 0 spiro atoms. The number of likely N-dealkylation sites (tertiary alicyclic amines) is 1. The number of imide groups is 1. The van der Waals surface area contributed by atoms with Crippen molar-refractivity contribution in [2.75, 3.05) is 25.0 Å². The minimum atomic E-state index is -0.403. The SMILES string of the molecule is Cn1nc(C2CCC(=O)NC2=O)c2ccc(NC3CCN(C(=O)CN)CC3)cc21. The summed E-state index contributed by atoms with van der Waals surface area (Å²) >= 11 is 0. The van der Waals surface area contributed by atoms with E-state index in [0.717, 1.165) is 29.4 Å². The van der Waals surface area contributed by atoms with E-state index in [1.165, 1.54) is 0 Å². The van der Waals surface area contributed by atoms with E-state index in [-0.39, 0.29) is 30.3 Å². The standard InChI is InChI=1S/C20H26N6O3/c1-25-16-10-13(22-12-6-8-26(9-7-12)18(28)11-21)2-3-14(16)19(24-25)15-4-5-17(27)23-20(15)29/h2-3,10,12,15,22H,4-9,11,21H2,1H3,(H,23,27,29). The van der Waals surface area contributed by atoms with Gasteiger partial charge in [0, 0.05) is 43.7 Å². The lowest BCUT2D eigenvalue weighted by molar-refractivity contribution is -0.134. The van der Waals surface area contributed by atoms with Crippen molar-refractivity contribution in [1.82, 2.24) is 20.0 Å². The summed E-state index contributed by atoms with van der Waals surface area (Å²) in [5.41, 5.74) is 8.08. The van der Waals surface area contributed by atoms with Crippen LogP contribution in [0.15, 0.2) is 18.2 Å². The van der Waals surface area contributed by atoms with Gasteiger partial charge < -0.3 is 16.0 Å². The van der Waals surface area contributed by atoms with Gasteiger partial charge in [0.15, 0.2) is 0 Å². The molecule has 0 aliphatic carbocycles. The number of nitrogens with one attached hydrogen (secondary N) is 2. The first kappa shape index (κ1) is 19.4. The molecule has 2 aromatic rings. The number of hydrogen-bond acceptors (Lipinski definition) is 6. The van der Waals surface area contributed by atoms with Crippen LogP contribution in [0, 0.1) is 0 Å². The molecule has 9 heteroatoms. The Morgan fingerprint density at radius 3 is 2.72 bits per heavy atom. The third-order valence-electron chi connectivity index (χ3n) is 5.84. The van der Waals surface area contributed by atoms with E-state index in [1.54, 1.807) is 4.68 Å². The molecule has 2 aliphatic rings. The van der Waals surface area contributed by atoms with Gasteiger partial charge in [-0.1, -0.05) is 0 Å². The number of benzene rings is 1. The fourth-order valence-electron chi connectivity index (χ4n) is 4.22. The van der Waals surface area contributed by atoms with Crippen LogP contribution in [-0.4, -0.2) is 58.1 Å². The van der Waals surface area contributed by atoms with Gasteiger partial charge in [0.05, 0.1) is 23.7 Å². The fraction of sp³-hybridized carbons (Fsp3) is 0.500. The average Bonchev–Trinajstić information content (AvgIpc) is 3.04. The molecule has 1 atom stereocenters. The van der Waals surface area contributed by atoms with Gasteiger partial charge in [-0.05, 0) is 37.5 Å². The first-order valence-corrected chi connectivity index (χ1v) is 10.0. The molecule has 0 radical (unpaired) electrons. The van der Waals surface area contributed by atoms with Crippen LogP contribution < -0.4 is 16.4 Å². The highest BCUT2D eigenvalue weighted by Crippen LogP contribution is 2.31. The van der Waals surface area contributed by atoms with Crippen molar-refractivity contribution in [1.29, 1.82) is 0 Å². The quantitative estimate of drug-likeness (QED) is 0.643.